The number of hydrogen-bond donors (Lipinski definition) is 4. The van der Waals surface area contributed by atoms with Crippen LogP contribution in [0.4, 0.5) is 5.69 Å². The second-order valence-corrected chi connectivity index (χ2v) is 9.83. The van der Waals surface area contributed by atoms with Crippen LogP contribution in [0.5, 0.6) is 17.2 Å². The maximum Gasteiger partial charge on any atom is 0.242 e. The predicted octanol–water partition coefficient (Wildman–Crippen LogP) is 2.80. The molecule has 0 radical (unpaired) electrons. The number of anilines is 1. The van der Waals surface area contributed by atoms with Crippen LogP contribution in [-0.4, -0.2) is 57.4 Å². The van der Waals surface area contributed by atoms with Crippen LogP contribution in [0.1, 0.15) is 50.8 Å². The van der Waals surface area contributed by atoms with Crippen LogP contribution >= 0.6 is 0 Å². The summed E-state index contributed by atoms with van der Waals surface area (Å²) in [7, 11) is 4.64. The average Bonchev–Trinajstić information content (AvgIpc) is 3.14. The highest BCUT2D eigenvalue weighted by Gasteiger charge is 2.30. The van der Waals surface area contributed by atoms with Gasteiger partial charge in [0.15, 0.2) is 11.5 Å². The van der Waals surface area contributed by atoms with Crippen molar-refractivity contribution in [3.63, 3.8) is 0 Å². The van der Waals surface area contributed by atoms with E-state index in [9.17, 15) is 14.4 Å². The molecule has 4 N–H and O–H groups in total. The van der Waals surface area contributed by atoms with Gasteiger partial charge >= 0.3 is 0 Å². The molecule has 1 aliphatic carbocycles. The van der Waals surface area contributed by atoms with Gasteiger partial charge in [-0.25, -0.2) is 0 Å². The number of amides is 2. The van der Waals surface area contributed by atoms with Crippen LogP contribution in [0.25, 0.3) is 11.1 Å². The summed E-state index contributed by atoms with van der Waals surface area (Å²) in [5.74, 6) is 0.822. The smallest absolute Gasteiger partial charge is 0.242 e. The number of ether oxygens (including phenoxy) is 3. The van der Waals surface area contributed by atoms with E-state index >= 15 is 0 Å². The SMILES string of the molecule is COc1cc2c(c(OC)c1OC)-c1ccc(N[C@H](C(=O)NCCCO)C(C)C)c(=O)cc1[C@@H](NC(C)=O)CC2. The summed E-state index contributed by atoms with van der Waals surface area (Å²) in [6, 6.07) is 5.79. The monoisotopic (exact) mass is 541 g/mol. The molecule has 0 heterocycles. The first-order valence-corrected chi connectivity index (χ1v) is 13.1. The topological polar surface area (TPSA) is 135 Å². The lowest BCUT2D eigenvalue weighted by molar-refractivity contribution is -0.122. The predicted molar refractivity (Wildman–Crippen MR) is 150 cm³/mol. The summed E-state index contributed by atoms with van der Waals surface area (Å²) in [5, 5.41) is 18.0. The van der Waals surface area contributed by atoms with Crippen LogP contribution in [0, 0.1) is 5.92 Å². The number of aliphatic hydroxyl groups is 1. The van der Waals surface area contributed by atoms with Crippen molar-refractivity contribution in [3.05, 3.63) is 45.6 Å². The fraction of sp³-hybridized carbons (Fsp3) is 0.483. The van der Waals surface area contributed by atoms with Gasteiger partial charge in [0, 0.05) is 25.6 Å². The second-order valence-electron chi connectivity index (χ2n) is 9.83. The van der Waals surface area contributed by atoms with Crippen molar-refractivity contribution in [2.75, 3.05) is 39.8 Å². The van der Waals surface area contributed by atoms with Crippen molar-refractivity contribution >= 4 is 17.5 Å². The summed E-state index contributed by atoms with van der Waals surface area (Å²) >= 11 is 0. The zero-order valence-electron chi connectivity index (χ0n) is 23.5. The van der Waals surface area contributed by atoms with E-state index < -0.39 is 12.1 Å². The number of nitrogens with one attached hydrogen (secondary N) is 3. The Hall–Kier alpha value is -3.79. The van der Waals surface area contributed by atoms with E-state index in [0.717, 1.165) is 11.1 Å². The molecule has 2 aromatic carbocycles. The molecule has 0 aromatic heterocycles. The van der Waals surface area contributed by atoms with Gasteiger partial charge in [-0.05, 0) is 60.1 Å². The van der Waals surface area contributed by atoms with E-state index in [1.807, 2.05) is 26.0 Å². The van der Waals surface area contributed by atoms with E-state index in [1.54, 1.807) is 20.3 Å². The highest BCUT2D eigenvalue weighted by Crippen LogP contribution is 2.50. The number of methoxy groups -OCH3 is 3. The number of aliphatic hydroxyl groups excluding tert-OH is 1. The molecule has 2 amide bonds. The quantitative estimate of drug-likeness (QED) is 0.319. The molecule has 212 valence electrons. The minimum Gasteiger partial charge on any atom is -0.493 e. The number of hydrogen-bond acceptors (Lipinski definition) is 8. The molecule has 0 spiro atoms. The molecule has 0 unspecified atom stereocenters. The Bertz CT molecular complexity index is 1260. The fourth-order valence-corrected chi connectivity index (χ4v) is 4.93. The largest absolute Gasteiger partial charge is 0.493 e. The van der Waals surface area contributed by atoms with Gasteiger partial charge in [-0.3, -0.25) is 14.4 Å². The summed E-state index contributed by atoms with van der Waals surface area (Å²) in [6.07, 6.45) is 1.58. The number of carbonyl (C=O) groups excluding carboxylic acids is 2. The molecule has 0 aliphatic heterocycles. The Morgan fingerprint density at radius 3 is 2.38 bits per heavy atom. The molecule has 0 fully saturated rings. The van der Waals surface area contributed by atoms with Crippen molar-refractivity contribution in [2.24, 2.45) is 5.92 Å². The van der Waals surface area contributed by atoms with E-state index in [2.05, 4.69) is 16.0 Å². The number of aryl methyl sites for hydroxylation is 1. The Kier molecular flexibility index (Phi) is 10.2. The van der Waals surface area contributed by atoms with Crippen molar-refractivity contribution in [2.45, 2.75) is 52.1 Å². The van der Waals surface area contributed by atoms with Crippen molar-refractivity contribution in [1.29, 1.82) is 0 Å². The average molecular weight is 542 g/mol. The van der Waals surface area contributed by atoms with Crippen LogP contribution in [-0.2, 0) is 16.0 Å². The van der Waals surface area contributed by atoms with Crippen LogP contribution < -0.4 is 35.6 Å². The molecule has 0 bridgehead atoms. The summed E-state index contributed by atoms with van der Waals surface area (Å²) in [6.45, 7) is 5.53. The highest BCUT2D eigenvalue weighted by atomic mass is 16.5. The van der Waals surface area contributed by atoms with Crippen molar-refractivity contribution in [3.8, 4) is 28.4 Å². The van der Waals surface area contributed by atoms with Crippen molar-refractivity contribution < 1.29 is 28.9 Å². The van der Waals surface area contributed by atoms with Crippen LogP contribution in [0.2, 0.25) is 0 Å². The lowest BCUT2D eigenvalue weighted by Gasteiger charge is -2.22. The minimum absolute atomic E-state index is 0.0259. The molecule has 10 nitrogen and oxygen atoms in total. The van der Waals surface area contributed by atoms with Crippen LogP contribution in [0.3, 0.4) is 0 Å². The first-order chi connectivity index (χ1) is 18.7. The Morgan fingerprint density at radius 2 is 1.79 bits per heavy atom. The standard InChI is InChI=1S/C29H39N3O7/c1-16(2)26(29(36)30-12-7-13-33)32-22-11-9-19-20(15-23(22)35)21(31-17(3)34)10-8-18-14-24(37-4)27(38-5)28(39-6)25(18)19/h9,11,14-16,21,26,33H,7-8,10,12-13H2,1-6H3,(H,30,36)(H,31,34)(H,32,35)/t21-,26-/m0/s1. The van der Waals surface area contributed by atoms with Gasteiger partial charge in [-0.1, -0.05) is 19.9 Å². The Balaban J connectivity index is 2.22. The molecule has 3 rings (SSSR count). The Morgan fingerprint density at radius 1 is 1.08 bits per heavy atom. The number of rotatable bonds is 11. The van der Waals surface area contributed by atoms with Gasteiger partial charge in [-0.2, -0.15) is 0 Å². The molecule has 10 heteroatoms. The molecule has 2 aromatic rings. The summed E-state index contributed by atoms with van der Waals surface area (Å²) in [5.41, 5.74) is 2.96. The maximum atomic E-state index is 13.5. The minimum atomic E-state index is -0.670. The summed E-state index contributed by atoms with van der Waals surface area (Å²) < 4.78 is 17.0. The molecular weight excluding hydrogens is 502 g/mol. The lowest BCUT2D eigenvalue weighted by atomic mass is 9.95. The number of carbonyl (C=O) groups is 2. The lowest BCUT2D eigenvalue weighted by Crippen LogP contribution is -2.44. The molecule has 39 heavy (non-hydrogen) atoms. The third-order valence-corrected chi connectivity index (χ3v) is 6.81. The third kappa shape index (κ3) is 6.62. The zero-order valence-corrected chi connectivity index (χ0v) is 23.5. The molecule has 0 saturated carbocycles. The first-order valence-electron chi connectivity index (χ1n) is 13.1. The van der Waals surface area contributed by atoms with Gasteiger partial charge in [-0.15, -0.1) is 0 Å². The first kappa shape index (κ1) is 29.8. The van der Waals surface area contributed by atoms with E-state index in [-0.39, 0.29) is 35.5 Å². The van der Waals surface area contributed by atoms with Gasteiger partial charge in [0.25, 0.3) is 0 Å². The maximum absolute atomic E-state index is 13.5. The van der Waals surface area contributed by atoms with E-state index in [1.165, 1.54) is 20.1 Å². The normalized spacial score (nSPS) is 14.8. The van der Waals surface area contributed by atoms with E-state index in [0.29, 0.717) is 54.2 Å². The molecule has 1 aliphatic rings. The summed E-state index contributed by atoms with van der Waals surface area (Å²) in [4.78, 5) is 38.5. The molecule has 0 saturated heterocycles. The van der Waals surface area contributed by atoms with Gasteiger partial charge in [0.2, 0.25) is 23.0 Å². The van der Waals surface area contributed by atoms with Crippen LogP contribution in [0.15, 0.2) is 29.1 Å². The molecule has 2 atom stereocenters. The highest BCUT2D eigenvalue weighted by molar-refractivity contribution is 5.86. The Labute approximate surface area is 229 Å². The zero-order chi connectivity index (χ0) is 28.7. The number of fused-ring (bicyclic) bond motifs is 3. The fourth-order valence-electron chi connectivity index (χ4n) is 4.93. The van der Waals surface area contributed by atoms with Gasteiger partial charge in [0.1, 0.15) is 6.04 Å². The second kappa shape index (κ2) is 13.3. The number of benzene rings is 1. The molecular formula is C29H39N3O7. The van der Waals surface area contributed by atoms with Crippen molar-refractivity contribution in [1.82, 2.24) is 10.6 Å². The van der Waals surface area contributed by atoms with E-state index in [4.69, 9.17) is 19.3 Å². The van der Waals surface area contributed by atoms with Gasteiger partial charge in [0.05, 0.1) is 33.1 Å². The van der Waals surface area contributed by atoms with Gasteiger partial charge < -0.3 is 35.3 Å². The third-order valence-electron chi connectivity index (χ3n) is 6.81.